The maximum absolute atomic E-state index is 5.80. The van der Waals surface area contributed by atoms with Crippen molar-refractivity contribution in [3.63, 3.8) is 0 Å². The van der Waals surface area contributed by atoms with Gasteiger partial charge < -0.3 is 4.90 Å². The molecule has 0 amide bonds. The molecule has 0 aromatic carbocycles. The summed E-state index contributed by atoms with van der Waals surface area (Å²) in [5, 5.41) is 0. The average molecular weight is 337 g/mol. The fraction of sp³-hybridized carbons (Fsp3) is 0.778. The summed E-state index contributed by atoms with van der Waals surface area (Å²) in [5.41, 5.74) is 1.28. The molecule has 23 heavy (non-hydrogen) atoms. The highest BCUT2D eigenvalue weighted by molar-refractivity contribution is 6.17. The summed E-state index contributed by atoms with van der Waals surface area (Å²) in [6, 6.07) is 2.25. The average Bonchev–Trinajstić information content (AvgIpc) is 3.43. The maximum Gasteiger partial charge on any atom is 0.132 e. The molecule has 1 aliphatic carbocycles. The van der Waals surface area contributed by atoms with Gasteiger partial charge in [0.2, 0.25) is 0 Å². The molecule has 0 bridgehead atoms. The molecule has 2 aliphatic rings. The minimum atomic E-state index is 0.696. The van der Waals surface area contributed by atoms with E-state index in [1.807, 2.05) is 0 Å². The number of aryl methyl sites for hydroxylation is 1. The van der Waals surface area contributed by atoms with E-state index < -0.39 is 0 Å². The molecule has 1 aromatic heterocycles. The quantitative estimate of drug-likeness (QED) is 0.681. The Hall–Kier alpha value is -0.870. The summed E-state index contributed by atoms with van der Waals surface area (Å²) in [7, 11) is 0. The zero-order chi connectivity index (χ0) is 16.1. The number of alkyl halides is 1. The van der Waals surface area contributed by atoms with E-state index in [-0.39, 0.29) is 0 Å². The molecule has 0 unspecified atom stereocenters. The lowest BCUT2D eigenvalue weighted by molar-refractivity contribution is 0.258. The molecule has 0 N–H and O–H groups in total. The van der Waals surface area contributed by atoms with E-state index in [2.05, 4.69) is 22.8 Å². The first-order chi connectivity index (χ1) is 11.3. The zero-order valence-corrected chi connectivity index (χ0v) is 15.1. The molecular formula is C18H29ClN4. The number of nitrogens with zero attached hydrogens (tertiary/aromatic N) is 4. The standard InChI is InChI=1S/C18H29ClN4/c1-2-3-5-17-20-16(15-6-7-15)14-18(21-17)23-12-10-22(11-13-23)9-4-8-19/h14-15H,2-13H2,1H3. The first-order valence-corrected chi connectivity index (χ1v) is 9.74. The van der Waals surface area contributed by atoms with Crippen molar-refractivity contribution < 1.29 is 0 Å². The molecule has 1 saturated heterocycles. The summed E-state index contributed by atoms with van der Waals surface area (Å²) in [6.45, 7) is 7.71. The SMILES string of the molecule is CCCCc1nc(C2CC2)cc(N2CCN(CCCCl)CC2)n1. The van der Waals surface area contributed by atoms with Crippen LogP contribution in [0.25, 0.3) is 0 Å². The van der Waals surface area contributed by atoms with Crippen LogP contribution >= 0.6 is 11.6 Å². The van der Waals surface area contributed by atoms with E-state index in [0.29, 0.717) is 5.92 Å². The number of unbranched alkanes of at least 4 members (excludes halogenated alkanes) is 1. The predicted molar refractivity (Wildman–Crippen MR) is 96.6 cm³/mol. The second-order valence-corrected chi connectivity index (χ2v) is 7.19. The summed E-state index contributed by atoms with van der Waals surface area (Å²) >= 11 is 5.80. The molecule has 1 saturated carbocycles. The molecule has 0 spiro atoms. The molecular weight excluding hydrogens is 308 g/mol. The van der Waals surface area contributed by atoms with Gasteiger partial charge in [-0.1, -0.05) is 13.3 Å². The largest absolute Gasteiger partial charge is 0.354 e. The highest BCUT2D eigenvalue weighted by Gasteiger charge is 2.27. The van der Waals surface area contributed by atoms with Crippen molar-refractivity contribution in [2.45, 2.75) is 51.4 Å². The third-order valence-electron chi connectivity index (χ3n) is 4.83. The molecule has 1 aliphatic heterocycles. The first kappa shape index (κ1) is 17.0. The van der Waals surface area contributed by atoms with Crippen LogP contribution in [0.4, 0.5) is 5.82 Å². The number of hydrogen-bond acceptors (Lipinski definition) is 4. The Morgan fingerprint density at radius 1 is 1.13 bits per heavy atom. The van der Waals surface area contributed by atoms with Gasteiger partial charge in [-0.3, -0.25) is 4.90 Å². The number of piperazine rings is 1. The monoisotopic (exact) mass is 336 g/mol. The van der Waals surface area contributed by atoms with Gasteiger partial charge in [0.15, 0.2) is 0 Å². The Labute approximate surface area is 145 Å². The molecule has 0 atom stereocenters. The van der Waals surface area contributed by atoms with Crippen molar-refractivity contribution in [3.8, 4) is 0 Å². The minimum absolute atomic E-state index is 0.696. The summed E-state index contributed by atoms with van der Waals surface area (Å²) in [6.07, 6.45) is 7.08. The van der Waals surface area contributed by atoms with Crippen LogP contribution in [0.15, 0.2) is 6.07 Å². The van der Waals surface area contributed by atoms with Crippen molar-refractivity contribution in [3.05, 3.63) is 17.6 Å². The molecule has 5 heteroatoms. The van der Waals surface area contributed by atoms with Crippen LogP contribution in [0.3, 0.4) is 0 Å². The van der Waals surface area contributed by atoms with Gasteiger partial charge >= 0.3 is 0 Å². The highest BCUT2D eigenvalue weighted by atomic mass is 35.5. The van der Waals surface area contributed by atoms with E-state index in [0.717, 1.165) is 63.1 Å². The Morgan fingerprint density at radius 3 is 2.57 bits per heavy atom. The lowest BCUT2D eigenvalue weighted by Crippen LogP contribution is -2.47. The lowest BCUT2D eigenvalue weighted by Gasteiger charge is -2.35. The fourth-order valence-corrected chi connectivity index (χ4v) is 3.30. The number of halogens is 1. The van der Waals surface area contributed by atoms with Crippen LogP contribution < -0.4 is 4.90 Å². The second-order valence-electron chi connectivity index (χ2n) is 6.82. The van der Waals surface area contributed by atoms with Crippen LogP contribution in [-0.2, 0) is 6.42 Å². The van der Waals surface area contributed by atoms with Gasteiger partial charge in [-0.2, -0.15) is 0 Å². The van der Waals surface area contributed by atoms with Crippen molar-refractivity contribution in [1.82, 2.24) is 14.9 Å². The van der Waals surface area contributed by atoms with Crippen LogP contribution in [0.1, 0.15) is 56.5 Å². The van der Waals surface area contributed by atoms with Crippen LogP contribution in [0.5, 0.6) is 0 Å². The van der Waals surface area contributed by atoms with Crippen LogP contribution in [0, 0.1) is 0 Å². The lowest BCUT2D eigenvalue weighted by atomic mass is 10.2. The van der Waals surface area contributed by atoms with Crippen molar-refractivity contribution >= 4 is 17.4 Å². The highest BCUT2D eigenvalue weighted by Crippen LogP contribution is 2.40. The van der Waals surface area contributed by atoms with Crippen molar-refractivity contribution in [1.29, 1.82) is 0 Å². The van der Waals surface area contributed by atoms with E-state index >= 15 is 0 Å². The van der Waals surface area contributed by atoms with Crippen molar-refractivity contribution in [2.75, 3.05) is 43.5 Å². The number of anilines is 1. The minimum Gasteiger partial charge on any atom is -0.354 e. The number of aromatic nitrogens is 2. The first-order valence-electron chi connectivity index (χ1n) is 9.21. The van der Waals surface area contributed by atoms with E-state index in [4.69, 9.17) is 21.6 Å². The van der Waals surface area contributed by atoms with Crippen LogP contribution in [0.2, 0.25) is 0 Å². The molecule has 3 rings (SSSR count). The molecule has 2 heterocycles. The van der Waals surface area contributed by atoms with Crippen LogP contribution in [-0.4, -0.2) is 53.5 Å². The van der Waals surface area contributed by atoms with Gasteiger partial charge in [-0.05, 0) is 32.2 Å². The zero-order valence-electron chi connectivity index (χ0n) is 14.3. The van der Waals surface area contributed by atoms with E-state index in [9.17, 15) is 0 Å². The molecule has 1 aromatic rings. The number of hydrogen-bond donors (Lipinski definition) is 0. The van der Waals surface area contributed by atoms with Gasteiger partial charge in [-0.15, -0.1) is 11.6 Å². The van der Waals surface area contributed by atoms with Gasteiger partial charge in [-0.25, -0.2) is 9.97 Å². The normalized spacial score (nSPS) is 19.3. The fourth-order valence-electron chi connectivity index (χ4n) is 3.18. The third-order valence-corrected chi connectivity index (χ3v) is 5.10. The van der Waals surface area contributed by atoms with E-state index in [1.165, 1.54) is 31.4 Å². The predicted octanol–water partition coefficient (Wildman–Crippen LogP) is 3.45. The van der Waals surface area contributed by atoms with Gasteiger partial charge in [0.1, 0.15) is 11.6 Å². The third kappa shape index (κ3) is 4.80. The van der Waals surface area contributed by atoms with Gasteiger partial charge in [0, 0.05) is 56.2 Å². The molecule has 4 nitrogen and oxygen atoms in total. The Balaban J connectivity index is 1.65. The topological polar surface area (TPSA) is 32.3 Å². The molecule has 0 radical (unpaired) electrons. The Morgan fingerprint density at radius 2 is 1.91 bits per heavy atom. The number of rotatable bonds is 8. The Kier molecular flexibility index (Phi) is 6.12. The smallest absolute Gasteiger partial charge is 0.132 e. The maximum atomic E-state index is 5.80. The molecule has 128 valence electrons. The summed E-state index contributed by atoms with van der Waals surface area (Å²) in [4.78, 5) is 14.6. The second kappa shape index (κ2) is 8.29. The van der Waals surface area contributed by atoms with E-state index in [1.54, 1.807) is 0 Å². The summed E-state index contributed by atoms with van der Waals surface area (Å²) < 4.78 is 0. The van der Waals surface area contributed by atoms with Gasteiger partial charge in [0.25, 0.3) is 0 Å². The van der Waals surface area contributed by atoms with Crippen molar-refractivity contribution in [2.24, 2.45) is 0 Å². The van der Waals surface area contributed by atoms with Gasteiger partial charge in [0.05, 0.1) is 0 Å². The summed E-state index contributed by atoms with van der Waals surface area (Å²) in [5.74, 6) is 3.67. The molecule has 2 fully saturated rings. The Bertz CT molecular complexity index is 496.